The van der Waals surface area contributed by atoms with Crippen LogP contribution < -0.4 is 11.1 Å². The fraction of sp³-hybridized carbons (Fsp3) is 0.917. The Hall–Kier alpha value is -0.610. The maximum absolute atomic E-state index is 11.5. The average molecular weight is 227 g/mol. The predicted octanol–water partition coefficient (Wildman–Crippen LogP) is 0.716. The number of nitrogens with one attached hydrogen (secondary N) is 1. The Morgan fingerprint density at radius 1 is 1.38 bits per heavy atom. The van der Waals surface area contributed by atoms with Crippen LogP contribution in [0.5, 0.6) is 0 Å². The molecule has 1 aliphatic rings. The highest BCUT2D eigenvalue weighted by Crippen LogP contribution is 2.07. The maximum Gasteiger partial charge on any atom is 0.221 e. The Morgan fingerprint density at radius 2 is 2.00 bits per heavy atom. The topological polar surface area (TPSA) is 58.4 Å². The highest BCUT2D eigenvalue weighted by molar-refractivity contribution is 5.76. The van der Waals surface area contributed by atoms with Crippen LogP contribution in [-0.4, -0.2) is 42.5 Å². The number of nitrogens with zero attached hydrogens (tertiary/aromatic N) is 1. The highest BCUT2D eigenvalue weighted by atomic mass is 16.1. The third-order valence-electron chi connectivity index (χ3n) is 2.79. The minimum absolute atomic E-state index is 0.0638. The van der Waals surface area contributed by atoms with Crippen LogP contribution in [0.15, 0.2) is 0 Å². The van der Waals surface area contributed by atoms with Gasteiger partial charge in [-0.05, 0) is 52.7 Å². The molecule has 1 fully saturated rings. The van der Waals surface area contributed by atoms with Crippen molar-refractivity contribution in [3.05, 3.63) is 0 Å². The van der Waals surface area contributed by atoms with E-state index in [0.717, 1.165) is 19.5 Å². The zero-order valence-corrected chi connectivity index (χ0v) is 10.6. The summed E-state index contributed by atoms with van der Waals surface area (Å²) in [4.78, 5) is 13.9. The van der Waals surface area contributed by atoms with Crippen molar-refractivity contribution < 1.29 is 4.79 Å². The maximum atomic E-state index is 11.5. The van der Waals surface area contributed by atoms with E-state index in [4.69, 9.17) is 5.73 Å². The molecule has 4 heteroatoms. The summed E-state index contributed by atoms with van der Waals surface area (Å²) in [7, 11) is 0. The lowest BCUT2D eigenvalue weighted by molar-refractivity contribution is -0.122. The van der Waals surface area contributed by atoms with Gasteiger partial charge in [0.1, 0.15) is 0 Å². The SMILES string of the molecule is CC(C)(N)CC(=O)NCCCN1CCCC1. The van der Waals surface area contributed by atoms with E-state index < -0.39 is 5.54 Å². The van der Waals surface area contributed by atoms with E-state index in [1.54, 1.807) is 0 Å². The Labute approximate surface area is 98.6 Å². The van der Waals surface area contributed by atoms with Crippen LogP contribution in [0, 0.1) is 0 Å². The molecule has 0 aliphatic carbocycles. The fourth-order valence-corrected chi connectivity index (χ4v) is 2.01. The summed E-state index contributed by atoms with van der Waals surface area (Å²) in [6.45, 7) is 8.07. The van der Waals surface area contributed by atoms with E-state index in [-0.39, 0.29) is 5.91 Å². The molecular formula is C12H25N3O. The molecule has 0 saturated carbocycles. The Morgan fingerprint density at radius 3 is 2.56 bits per heavy atom. The van der Waals surface area contributed by atoms with E-state index in [2.05, 4.69) is 10.2 Å². The van der Waals surface area contributed by atoms with Gasteiger partial charge in [0.2, 0.25) is 5.91 Å². The molecule has 1 amide bonds. The molecule has 94 valence electrons. The van der Waals surface area contributed by atoms with Crippen LogP contribution >= 0.6 is 0 Å². The van der Waals surface area contributed by atoms with Gasteiger partial charge in [0, 0.05) is 18.5 Å². The zero-order chi connectivity index (χ0) is 12.0. The molecule has 0 aromatic carbocycles. The molecule has 0 atom stereocenters. The molecule has 0 radical (unpaired) electrons. The first-order valence-electron chi connectivity index (χ1n) is 6.25. The van der Waals surface area contributed by atoms with Gasteiger partial charge in [-0.1, -0.05) is 0 Å². The highest BCUT2D eigenvalue weighted by Gasteiger charge is 2.16. The lowest BCUT2D eigenvalue weighted by Gasteiger charge is -2.18. The van der Waals surface area contributed by atoms with Crippen molar-refractivity contribution in [2.75, 3.05) is 26.2 Å². The Balaban J connectivity index is 2.00. The smallest absolute Gasteiger partial charge is 0.221 e. The third kappa shape index (κ3) is 6.08. The van der Waals surface area contributed by atoms with Gasteiger partial charge in [0.25, 0.3) is 0 Å². The number of hydrogen-bond acceptors (Lipinski definition) is 3. The molecule has 4 nitrogen and oxygen atoms in total. The van der Waals surface area contributed by atoms with E-state index >= 15 is 0 Å². The quantitative estimate of drug-likeness (QED) is 0.657. The predicted molar refractivity (Wildman–Crippen MR) is 66.2 cm³/mol. The zero-order valence-electron chi connectivity index (χ0n) is 10.6. The number of hydrogen-bond donors (Lipinski definition) is 2. The molecule has 0 unspecified atom stereocenters. The molecule has 16 heavy (non-hydrogen) atoms. The van der Waals surface area contributed by atoms with E-state index in [9.17, 15) is 4.79 Å². The molecule has 1 saturated heterocycles. The van der Waals surface area contributed by atoms with Crippen LogP contribution in [0.1, 0.15) is 39.5 Å². The summed E-state index contributed by atoms with van der Waals surface area (Å²) in [6.07, 6.45) is 4.09. The van der Waals surface area contributed by atoms with Gasteiger partial charge in [0.15, 0.2) is 0 Å². The number of rotatable bonds is 6. The Kier molecular flexibility index (Phi) is 5.22. The van der Waals surface area contributed by atoms with Crippen LogP contribution in [0.4, 0.5) is 0 Å². The van der Waals surface area contributed by atoms with Crippen molar-refractivity contribution in [1.29, 1.82) is 0 Å². The molecule has 0 aromatic rings. The normalized spacial score (nSPS) is 17.7. The summed E-state index contributed by atoms with van der Waals surface area (Å²) in [6, 6.07) is 0. The first-order valence-corrected chi connectivity index (χ1v) is 6.25. The van der Waals surface area contributed by atoms with Crippen LogP contribution in [0.2, 0.25) is 0 Å². The largest absolute Gasteiger partial charge is 0.356 e. The number of nitrogens with two attached hydrogens (primary N) is 1. The summed E-state index contributed by atoms with van der Waals surface area (Å²) in [5.74, 6) is 0.0638. The molecule has 0 bridgehead atoms. The van der Waals surface area contributed by atoms with Crippen molar-refractivity contribution in [3.8, 4) is 0 Å². The average Bonchev–Trinajstić information content (AvgIpc) is 2.62. The van der Waals surface area contributed by atoms with Gasteiger partial charge in [-0.3, -0.25) is 4.79 Å². The number of carbonyl (C=O) groups excluding carboxylic acids is 1. The van der Waals surface area contributed by atoms with Gasteiger partial charge in [-0.25, -0.2) is 0 Å². The first-order chi connectivity index (χ1) is 7.47. The molecule has 0 aromatic heterocycles. The van der Waals surface area contributed by atoms with E-state index in [1.165, 1.54) is 25.9 Å². The lowest BCUT2D eigenvalue weighted by atomic mass is 10.0. The van der Waals surface area contributed by atoms with Gasteiger partial charge >= 0.3 is 0 Å². The number of amides is 1. The second-order valence-electron chi connectivity index (χ2n) is 5.42. The molecule has 3 N–H and O–H groups in total. The van der Waals surface area contributed by atoms with E-state index in [0.29, 0.717) is 6.42 Å². The summed E-state index contributed by atoms with van der Waals surface area (Å²) >= 11 is 0. The Bertz CT molecular complexity index is 217. The summed E-state index contributed by atoms with van der Waals surface area (Å²) in [5.41, 5.74) is 5.37. The summed E-state index contributed by atoms with van der Waals surface area (Å²) < 4.78 is 0. The van der Waals surface area contributed by atoms with Crippen molar-refractivity contribution in [1.82, 2.24) is 10.2 Å². The van der Waals surface area contributed by atoms with Crippen molar-refractivity contribution in [3.63, 3.8) is 0 Å². The second-order valence-corrected chi connectivity index (χ2v) is 5.42. The van der Waals surface area contributed by atoms with Crippen LogP contribution in [0.3, 0.4) is 0 Å². The summed E-state index contributed by atoms with van der Waals surface area (Å²) in [5, 5.41) is 2.92. The van der Waals surface area contributed by atoms with Gasteiger partial charge in [-0.15, -0.1) is 0 Å². The van der Waals surface area contributed by atoms with Crippen molar-refractivity contribution in [2.24, 2.45) is 5.73 Å². The molecular weight excluding hydrogens is 202 g/mol. The molecule has 0 spiro atoms. The second kappa shape index (κ2) is 6.21. The molecule has 1 aliphatic heterocycles. The molecule has 1 rings (SSSR count). The monoisotopic (exact) mass is 227 g/mol. The standard InChI is InChI=1S/C12H25N3O/c1-12(2,13)10-11(16)14-6-5-9-15-7-3-4-8-15/h3-10,13H2,1-2H3,(H,14,16). The molecule has 1 heterocycles. The van der Waals surface area contributed by atoms with Gasteiger partial charge < -0.3 is 16.0 Å². The number of likely N-dealkylation sites (tertiary alicyclic amines) is 1. The fourth-order valence-electron chi connectivity index (χ4n) is 2.01. The number of carbonyl (C=O) groups is 1. The van der Waals surface area contributed by atoms with E-state index in [1.807, 2.05) is 13.8 Å². The van der Waals surface area contributed by atoms with Crippen molar-refractivity contribution >= 4 is 5.91 Å². The minimum Gasteiger partial charge on any atom is -0.356 e. The minimum atomic E-state index is -0.404. The van der Waals surface area contributed by atoms with Gasteiger partial charge in [-0.2, -0.15) is 0 Å². The van der Waals surface area contributed by atoms with Crippen LogP contribution in [0.25, 0.3) is 0 Å². The van der Waals surface area contributed by atoms with Crippen molar-refractivity contribution in [2.45, 2.75) is 45.1 Å². The first kappa shape index (κ1) is 13.5. The lowest BCUT2D eigenvalue weighted by Crippen LogP contribution is -2.39. The van der Waals surface area contributed by atoms with Crippen LogP contribution in [-0.2, 0) is 4.79 Å². The van der Waals surface area contributed by atoms with Gasteiger partial charge in [0.05, 0.1) is 0 Å². The third-order valence-corrected chi connectivity index (χ3v) is 2.79.